The molecule has 2 unspecified atom stereocenters. The number of benzene rings is 1. The standard InChI is InChI=1S/C11H10Cl2O2/c12-8-2-1-6(10(13)5-8)3-7-4-9(7)11(14)15/h1-2,5,7,9H,3-4H2,(H,14,15). The summed E-state index contributed by atoms with van der Waals surface area (Å²) < 4.78 is 0. The Kier molecular flexibility index (Phi) is 2.89. The van der Waals surface area contributed by atoms with Crippen LogP contribution in [0.1, 0.15) is 12.0 Å². The Morgan fingerprint density at radius 3 is 2.73 bits per heavy atom. The van der Waals surface area contributed by atoms with Gasteiger partial charge in [0, 0.05) is 10.0 Å². The van der Waals surface area contributed by atoms with Crippen molar-refractivity contribution in [3.8, 4) is 0 Å². The minimum atomic E-state index is -0.704. The van der Waals surface area contributed by atoms with Crippen molar-refractivity contribution in [2.45, 2.75) is 12.8 Å². The first-order valence-corrected chi connectivity index (χ1v) is 5.50. The molecule has 0 amide bonds. The number of rotatable bonds is 3. The minimum Gasteiger partial charge on any atom is -0.481 e. The number of carbonyl (C=O) groups is 1. The third kappa shape index (κ3) is 2.44. The molecule has 0 aliphatic heterocycles. The van der Waals surface area contributed by atoms with E-state index in [1.54, 1.807) is 12.1 Å². The molecule has 1 saturated carbocycles. The fourth-order valence-electron chi connectivity index (χ4n) is 1.75. The molecule has 1 fully saturated rings. The maximum absolute atomic E-state index is 10.6. The van der Waals surface area contributed by atoms with Gasteiger partial charge in [-0.05, 0) is 36.5 Å². The van der Waals surface area contributed by atoms with Gasteiger partial charge in [0.25, 0.3) is 0 Å². The molecule has 2 rings (SSSR count). The lowest BCUT2D eigenvalue weighted by Gasteiger charge is -2.03. The number of halogens is 2. The van der Waals surface area contributed by atoms with Crippen molar-refractivity contribution >= 4 is 29.2 Å². The van der Waals surface area contributed by atoms with E-state index in [0.29, 0.717) is 10.0 Å². The zero-order chi connectivity index (χ0) is 11.0. The predicted molar refractivity (Wildman–Crippen MR) is 59.4 cm³/mol. The van der Waals surface area contributed by atoms with Gasteiger partial charge in [-0.2, -0.15) is 0 Å². The molecule has 2 atom stereocenters. The minimum absolute atomic E-state index is 0.184. The van der Waals surface area contributed by atoms with E-state index in [2.05, 4.69) is 0 Å². The Hall–Kier alpha value is -0.730. The lowest BCUT2D eigenvalue weighted by molar-refractivity contribution is -0.138. The van der Waals surface area contributed by atoms with Gasteiger partial charge in [0.1, 0.15) is 0 Å². The molecule has 0 bridgehead atoms. The first kappa shape index (κ1) is 10.8. The van der Waals surface area contributed by atoms with Crippen LogP contribution in [-0.2, 0) is 11.2 Å². The summed E-state index contributed by atoms with van der Waals surface area (Å²) >= 11 is 11.8. The molecular weight excluding hydrogens is 235 g/mol. The second kappa shape index (κ2) is 4.03. The lowest BCUT2D eigenvalue weighted by Crippen LogP contribution is -2.01. The molecule has 4 heteroatoms. The SMILES string of the molecule is O=C(O)C1CC1Cc1ccc(Cl)cc1Cl. The summed E-state index contributed by atoms with van der Waals surface area (Å²) in [6.45, 7) is 0. The van der Waals surface area contributed by atoms with Crippen molar-refractivity contribution in [1.29, 1.82) is 0 Å². The molecule has 1 aliphatic rings. The van der Waals surface area contributed by atoms with Crippen molar-refractivity contribution in [2.75, 3.05) is 0 Å². The molecule has 0 radical (unpaired) electrons. The van der Waals surface area contributed by atoms with Gasteiger partial charge in [-0.1, -0.05) is 29.3 Å². The molecule has 0 heterocycles. The Labute approximate surface area is 97.8 Å². The van der Waals surface area contributed by atoms with Crippen LogP contribution in [-0.4, -0.2) is 11.1 Å². The lowest BCUT2D eigenvalue weighted by atomic mass is 10.1. The zero-order valence-electron chi connectivity index (χ0n) is 7.91. The third-order valence-corrected chi connectivity index (χ3v) is 3.32. The van der Waals surface area contributed by atoms with Crippen LogP contribution in [0.2, 0.25) is 10.0 Å². The monoisotopic (exact) mass is 244 g/mol. The highest BCUT2D eigenvalue weighted by Gasteiger charge is 2.42. The average Bonchev–Trinajstić information content (AvgIpc) is 2.89. The van der Waals surface area contributed by atoms with E-state index in [-0.39, 0.29) is 11.8 Å². The van der Waals surface area contributed by atoms with Crippen LogP contribution < -0.4 is 0 Å². The van der Waals surface area contributed by atoms with Gasteiger partial charge >= 0.3 is 5.97 Å². The van der Waals surface area contributed by atoms with Crippen LogP contribution in [0.3, 0.4) is 0 Å². The molecule has 0 spiro atoms. The summed E-state index contributed by atoms with van der Waals surface area (Å²) in [5.41, 5.74) is 0.981. The maximum atomic E-state index is 10.6. The van der Waals surface area contributed by atoms with E-state index in [1.807, 2.05) is 6.07 Å². The van der Waals surface area contributed by atoms with Gasteiger partial charge in [0.2, 0.25) is 0 Å². The Bertz CT molecular complexity index is 404. The van der Waals surface area contributed by atoms with Gasteiger partial charge in [0.15, 0.2) is 0 Å². The van der Waals surface area contributed by atoms with Gasteiger partial charge in [-0.3, -0.25) is 4.79 Å². The number of aliphatic carboxylic acids is 1. The number of hydrogen-bond acceptors (Lipinski definition) is 1. The highest BCUT2D eigenvalue weighted by atomic mass is 35.5. The van der Waals surface area contributed by atoms with Crippen LogP contribution in [0.4, 0.5) is 0 Å². The summed E-state index contributed by atoms with van der Waals surface area (Å²) in [6, 6.07) is 5.33. The molecule has 1 aromatic rings. The van der Waals surface area contributed by atoms with E-state index in [0.717, 1.165) is 18.4 Å². The molecular formula is C11H10Cl2O2. The first-order chi connectivity index (χ1) is 7.08. The summed E-state index contributed by atoms with van der Waals surface area (Å²) in [6.07, 6.45) is 1.49. The van der Waals surface area contributed by atoms with E-state index < -0.39 is 5.97 Å². The van der Waals surface area contributed by atoms with E-state index in [4.69, 9.17) is 28.3 Å². The normalized spacial score (nSPS) is 23.9. The molecule has 2 nitrogen and oxygen atoms in total. The molecule has 1 aliphatic carbocycles. The molecule has 15 heavy (non-hydrogen) atoms. The number of hydrogen-bond donors (Lipinski definition) is 1. The second-order valence-corrected chi connectivity index (χ2v) is 4.72. The summed E-state index contributed by atoms with van der Waals surface area (Å²) in [4.78, 5) is 10.6. The molecule has 1 aromatic carbocycles. The van der Waals surface area contributed by atoms with Crippen LogP contribution in [0.25, 0.3) is 0 Å². The number of carboxylic acids is 1. The second-order valence-electron chi connectivity index (χ2n) is 3.88. The zero-order valence-corrected chi connectivity index (χ0v) is 9.42. The topological polar surface area (TPSA) is 37.3 Å². The Balaban J connectivity index is 2.04. The van der Waals surface area contributed by atoms with Crippen molar-refractivity contribution in [1.82, 2.24) is 0 Å². The predicted octanol–water partition coefficient (Wildman–Crippen LogP) is 3.26. The van der Waals surface area contributed by atoms with Crippen LogP contribution >= 0.6 is 23.2 Å². The largest absolute Gasteiger partial charge is 0.481 e. The van der Waals surface area contributed by atoms with Gasteiger partial charge in [-0.15, -0.1) is 0 Å². The maximum Gasteiger partial charge on any atom is 0.306 e. The van der Waals surface area contributed by atoms with Crippen molar-refractivity contribution in [2.24, 2.45) is 11.8 Å². The summed E-state index contributed by atoms with van der Waals surface area (Å²) in [5.74, 6) is -0.650. The van der Waals surface area contributed by atoms with E-state index >= 15 is 0 Å². The fraction of sp³-hybridized carbons (Fsp3) is 0.364. The third-order valence-electron chi connectivity index (χ3n) is 2.74. The van der Waals surface area contributed by atoms with Crippen molar-refractivity contribution < 1.29 is 9.90 Å². The Morgan fingerprint density at radius 1 is 1.47 bits per heavy atom. The summed E-state index contributed by atoms with van der Waals surface area (Å²) in [5, 5.41) is 9.99. The van der Waals surface area contributed by atoms with Crippen molar-refractivity contribution in [3.63, 3.8) is 0 Å². The van der Waals surface area contributed by atoms with Crippen molar-refractivity contribution in [3.05, 3.63) is 33.8 Å². The number of carboxylic acid groups (broad SMARTS) is 1. The van der Waals surface area contributed by atoms with Gasteiger partial charge in [0.05, 0.1) is 5.92 Å². The quantitative estimate of drug-likeness (QED) is 0.887. The molecule has 80 valence electrons. The molecule has 0 aromatic heterocycles. The summed E-state index contributed by atoms with van der Waals surface area (Å²) in [7, 11) is 0. The van der Waals surface area contributed by atoms with Crippen LogP contribution in [0, 0.1) is 11.8 Å². The van der Waals surface area contributed by atoms with Crippen LogP contribution in [0.15, 0.2) is 18.2 Å². The Morgan fingerprint density at radius 2 is 2.20 bits per heavy atom. The van der Waals surface area contributed by atoms with Crippen LogP contribution in [0.5, 0.6) is 0 Å². The van der Waals surface area contributed by atoms with E-state index in [1.165, 1.54) is 0 Å². The fourth-order valence-corrected chi connectivity index (χ4v) is 2.23. The molecule has 0 saturated heterocycles. The molecule has 1 N–H and O–H groups in total. The highest BCUT2D eigenvalue weighted by molar-refractivity contribution is 6.35. The van der Waals surface area contributed by atoms with Gasteiger partial charge < -0.3 is 5.11 Å². The van der Waals surface area contributed by atoms with Gasteiger partial charge in [-0.25, -0.2) is 0 Å². The first-order valence-electron chi connectivity index (χ1n) is 4.74. The average molecular weight is 245 g/mol. The van der Waals surface area contributed by atoms with E-state index in [9.17, 15) is 4.79 Å². The highest BCUT2D eigenvalue weighted by Crippen LogP contribution is 2.42. The smallest absolute Gasteiger partial charge is 0.306 e.